The van der Waals surface area contributed by atoms with E-state index in [1.807, 2.05) is 0 Å². The normalized spacial score (nSPS) is 18.6. The van der Waals surface area contributed by atoms with E-state index in [2.05, 4.69) is 15.7 Å². The number of carboxylic acid groups (broad SMARTS) is 1. The molecule has 1 aliphatic heterocycles. The lowest BCUT2D eigenvalue weighted by molar-refractivity contribution is -0.138. The molecular formula is C12H12N4O4. The minimum absolute atomic E-state index is 0.0999. The molecule has 1 aromatic rings. The molecule has 2 rings (SSSR count). The van der Waals surface area contributed by atoms with Crippen LogP contribution in [-0.4, -0.2) is 40.5 Å². The van der Waals surface area contributed by atoms with Crippen LogP contribution in [0, 0.1) is 0 Å². The lowest BCUT2D eigenvalue weighted by Crippen LogP contribution is -2.37. The standard InChI is InChI=1S/C12H12N4O4/c17-9(18)6-7-16-12(20)10(11(19)15-16)14-13-8-4-2-1-3-5-8/h1-5,10H,6-7H2,(H,15,19)(H,17,18). The Morgan fingerprint density at radius 3 is 2.65 bits per heavy atom. The van der Waals surface area contributed by atoms with E-state index in [-0.39, 0.29) is 13.0 Å². The van der Waals surface area contributed by atoms with Gasteiger partial charge < -0.3 is 5.11 Å². The van der Waals surface area contributed by atoms with Crippen molar-refractivity contribution in [2.45, 2.75) is 12.5 Å². The summed E-state index contributed by atoms with van der Waals surface area (Å²) in [5, 5.41) is 17.0. The first-order valence-electron chi connectivity index (χ1n) is 5.87. The summed E-state index contributed by atoms with van der Waals surface area (Å²) in [6, 6.07) is 7.42. The Kier molecular flexibility index (Phi) is 4.04. The predicted molar refractivity (Wildman–Crippen MR) is 66.9 cm³/mol. The molecule has 1 aliphatic rings. The number of carbonyl (C=O) groups is 3. The highest BCUT2D eigenvalue weighted by atomic mass is 16.4. The zero-order valence-corrected chi connectivity index (χ0v) is 10.4. The molecule has 2 amide bonds. The molecule has 2 N–H and O–H groups in total. The van der Waals surface area contributed by atoms with Crippen LogP contribution in [0.25, 0.3) is 0 Å². The fraction of sp³-hybridized carbons (Fsp3) is 0.250. The van der Waals surface area contributed by atoms with Crippen molar-refractivity contribution in [1.29, 1.82) is 0 Å². The maximum absolute atomic E-state index is 11.8. The van der Waals surface area contributed by atoms with Gasteiger partial charge in [-0.15, -0.1) is 0 Å². The number of amides is 2. The van der Waals surface area contributed by atoms with Crippen LogP contribution in [0.5, 0.6) is 0 Å². The smallest absolute Gasteiger partial charge is 0.305 e. The average molecular weight is 276 g/mol. The molecule has 0 aromatic heterocycles. The number of hydrogen-bond acceptors (Lipinski definition) is 5. The van der Waals surface area contributed by atoms with Crippen molar-refractivity contribution in [1.82, 2.24) is 10.4 Å². The topological polar surface area (TPSA) is 111 Å². The largest absolute Gasteiger partial charge is 0.481 e. The molecule has 1 unspecified atom stereocenters. The van der Waals surface area contributed by atoms with Gasteiger partial charge in [0.2, 0.25) is 6.04 Å². The van der Waals surface area contributed by atoms with Crippen LogP contribution in [0.4, 0.5) is 5.69 Å². The van der Waals surface area contributed by atoms with Crippen LogP contribution in [0.3, 0.4) is 0 Å². The number of hydrogen-bond donors (Lipinski definition) is 2. The van der Waals surface area contributed by atoms with Gasteiger partial charge in [-0.25, -0.2) is 0 Å². The fourth-order valence-corrected chi connectivity index (χ4v) is 1.60. The van der Waals surface area contributed by atoms with E-state index in [0.29, 0.717) is 5.69 Å². The maximum Gasteiger partial charge on any atom is 0.305 e. The first kappa shape index (κ1) is 13.7. The molecule has 0 radical (unpaired) electrons. The Hall–Kier alpha value is -2.77. The van der Waals surface area contributed by atoms with Crippen molar-refractivity contribution < 1.29 is 19.5 Å². The third-order valence-electron chi connectivity index (χ3n) is 2.59. The first-order valence-corrected chi connectivity index (χ1v) is 5.87. The number of carboxylic acids is 1. The second kappa shape index (κ2) is 5.91. The average Bonchev–Trinajstić information content (AvgIpc) is 2.70. The summed E-state index contributed by atoms with van der Waals surface area (Å²) in [6.45, 7) is -0.0999. The Morgan fingerprint density at radius 2 is 2.00 bits per heavy atom. The number of azo groups is 1. The summed E-state index contributed by atoms with van der Waals surface area (Å²) < 4.78 is 0. The van der Waals surface area contributed by atoms with E-state index in [1.165, 1.54) is 0 Å². The summed E-state index contributed by atoms with van der Waals surface area (Å²) in [5.41, 5.74) is 2.80. The molecule has 8 nitrogen and oxygen atoms in total. The van der Waals surface area contributed by atoms with Crippen LogP contribution < -0.4 is 5.43 Å². The highest BCUT2D eigenvalue weighted by Crippen LogP contribution is 2.14. The van der Waals surface area contributed by atoms with Gasteiger partial charge in [0.15, 0.2) is 0 Å². The lowest BCUT2D eigenvalue weighted by Gasteiger charge is -2.12. The van der Waals surface area contributed by atoms with Gasteiger partial charge in [-0.3, -0.25) is 24.8 Å². The summed E-state index contributed by atoms with van der Waals surface area (Å²) >= 11 is 0. The number of rotatable bonds is 5. The monoisotopic (exact) mass is 276 g/mol. The van der Waals surface area contributed by atoms with Crippen LogP contribution in [0.15, 0.2) is 40.6 Å². The van der Waals surface area contributed by atoms with Gasteiger partial charge in [0, 0.05) is 0 Å². The van der Waals surface area contributed by atoms with Gasteiger partial charge in [-0.2, -0.15) is 10.2 Å². The Bertz CT molecular complexity index is 558. The van der Waals surface area contributed by atoms with Crippen molar-refractivity contribution >= 4 is 23.5 Å². The number of aliphatic carboxylic acids is 1. The van der Waals surface area contributed by atoms with Crippen LogP contribution in [0.2, 0.25) is 0 Å². The number of carbonyl (C=O) groups excluding carboxylic acids is 2. The zero-order chi connectivity index (χ0) is 14.5. The molecule has 0 spiro atoms. The molecular weight excluding hydrogens is 264 g/mol. The Labute approximate surface area is 114 Å². The minimum atomic E-state index is -1.26. The molecule has 1 heterocycles. The van der Waals surface area contributed by atoms with Crippen LogP contribution in [-0.2, 0) is 14.4 Å². The molecule has 20 heavy (non-hydrogen) atoms. The van der Waals surface area contributed by atoms with E-state index < -0.39 is 23.8 Å². The second-order valence-corrected chi connectivity index (χ2v) is 4.06. The Morgan fingerprint density at radius 1 is 1.30 bits per heavy atom. The highest BCUT2D eigenvalue weighted by Gasteiger charge is 2.39. The minimum Gasteiger partial charge on any atom is -0.481 e. The molecule has 0 aliphatic carbocycles. The van der Waals surface area contributed by atoms with E-state index >= 15 is 0 Å². The highest BCUT2D eigenvalue weighted by molar-refractivity contribution is 6.09. The van der Waals surface area contributed by atoms with E-state index in [1.54, 1.807) is 30.3 Å². The van der Waals surface area contributed by atoms with Gasteiger partial charge in [-0.05, 0) is 12.1 Å². The number of nitrogens with zero attached hydrogens (tertiary/aromatic N) is 3. The van der Waals surface area contributed by atoms with E-state index in [4.69, 9.17) is 5.11 Å². The molecule has 1 fully saturated rings. The molecule has 104 valence electrons. The van der Waals surface area contributed by atoms with Gasteiger partial charge in [0.1, 0.15) is 0 Å². The maximum atomic E-state index is 11.8. The van der Waals surface area contributed by atoms with E-state index in [0.717, 1.165) is 5.01 Å². The third-order valence-corrected chi connectivity index (χ3v) is 2.59. The van der Waals surface area contributed by atoms with Crippen molar-refractivity contribution in [3.05, 3.63) is 30.3 Å². The predicted octanol–water partition coefficient (Wildman–Crippen LogP) is 0.487. The zero-order valence-electron chi connectivity index (χ0n) is 10.4. The van der Waals surface area contributed by atoms with Crippen LogP contribution >= 0.6 is 0 Å². The number of hydrazine groups is 1. The molecule has 1 atom stereocenters. The second-order valence-electron chi connectivity index (χ2n) is 4.06. The molecule has 8 heteroatoms. The van der Waals surface area contributed by atoms with Gasteiger partial charge in [0.25, 0.3) is 11.8 Å². The van der Waals surface area contributed by atoms with Crippen molar-refractivity contribution in [2.75, 3.05) is 6.54 Å². The third kappa shape index (κ3) is 3.16. The van der Waals surface area contributed by atoms with Gasteiger partial charge in [-0.1, -0.05) is 18.2 Å². The van der Waals surface area contributed by atoms with E-state index in [9.17, 15) is 14.4 Å². The quantitative estimate of drug-likeness (QED) is 0.602. The van der Waals surface area contributed by atoms with Crippen molar-refractivity contribution in [3.63, 3.8) is 0 Å². The van der Waals surface area contributed by atoms with Gasteiger partial charge >= 0.3 is 5.97 Å². The molecule has 1 saturated heterocycles. The molecule has 0 bridgehead atoms. The lowest BCUT2D eigenvalue weighted by atomic mass is 10.3. The van der Waals surface area contributed by atoms with Crippen molar-refractivity contribution in [2.24, 2.45) is 10.2 Å². The SMILES string of the molecule is O=C(O)CCN1NC(=O)C(N=Nc2ccccc2)C1=O. The number of nitrogens with one attached hydrogen (secondary N) is 1. The summed E-state index contributed by atoms with van der Waals surface area (Å²) in [5.74, 6) is -2.27. The van der Waals surface area contributed by atoms with Crippen LogP contribution in [0.1, 0.15) is 6.42 Å². The first-order chi connectivity index (χ1) is 9.58. The summed E-state index contributed by atoms with van der Waals surface area (Å²) in [6.07, 6.45) is -0.255. The summed E-state index contributed by atoms with van der Waals surface area (Å²) in [7, 11) is 0. The molecule has 1 aromatic carbocycles. The molecule has 0 saturated carbocycles. The van der Waals surface area contributed by atoms with Crippen molar-refractivity contribution in [3.8, 4) is 0 Å². The fourth-order valence-electron chi connectivity index (χ4n) is 1.60. The number of benzene rings is 1. The summed E-state index contributed by atoms with van der Waals surface area (Å²) in [4.78, 5) is 33.9. The Balaban J connectivity index is 2.02. The van der Waals surface area contributed by atoms with Gasteiger partial charge in [0.05, 0.1) is 18.7 Å².